The van der Waals surface area contributed by atoms with E-state index in [0.29, 0.717) is 40.5 Å². The monoisotopic (exact) mass is 400 g/mol. The van der Waals surface area contributed by atoms with Gasteiger partial charge >= 0.3 is 0 Å². The molecule has 0 spiro atoms. The van der Waals surface area contributed by atoms with Gasteiger partial charge in [-0.15, -0.1) is 0 Å². The lowest BCUT2D eigenvalue weighted by atomic mass is 10.1. The van der Waals surface area contributed by atoms with Gasteiger partial charge in [0, 0.05) is 24.7 Å². The summed E-state index contributed by atoms with van der Waals surface area (Å²) in [4.78, 5) is 21.6. The van der Waals surface area contributed by atoms with Crippen LogP contribution in [0.1, 0.15) is 21.6 Å². The summed E-state index contributed by atoms with van der Waals surface area (Å²) in [5.41, 5.74) is 2.73. The standard InChI is InChI=1S/C21H16N6O3/c1-13-19-15(10-16(17-5-3-9-29-17)23-21(19)30-26-13)20(28)24-18-6-8-27(25-18)12-14-4-2-7-22-11-14/h2-11H,12H2,1H3,(H,24,25,28). The molecule has 0 atom stereocenters. The zero-order valence-corrected chi connectivity index (χ0v) is 15.9. The van der Waals surface area contributed by atoms with Crippen LogP contribution in [-0.4, -0.2) is 30.8 Å². The predicted molar refractivity (Wildman–Crippen MR) is 108 cm³/mol. The Balaban J connectivity index is 1.44. The number of pyridine rings is 2. The highest BCUT2D eigenvalue weighted by Crippen LogP contribution is 2.27. The topological polar surface area (TPSA) is 112 Å². The molecule has 0 unspecified atom stereocenters. The third kappa shape index (κ3) is 3.32. The molecule has 0 aliphatic heterocycles. The summed E-state index contributed by atoms with van der Waals surface area (Å²) < 4.78 is 12.4. The first-order valence-corrected chi connectivity index (χ1v) is 9.22. The first-order valence-electron chi connectivity index (χ1n) is 9.22. The molecular weight excluding hydrogens is 384 g/mol. The first-order chi connectivity index (χ1) is 14.7. The number of aromatic nitrogens is 5. The average molecular weight is 400 g/mol. The van der Waals surface area contributed by atoms with Crippen LogP contribution in [0.5, 0.6) is 0 Å². The number of hydrogen-bond acceptors (Lipinski definition) is 7. The minimum Gasteiger partial charge on any atom is -0.463 e. The van der Waals surface area contributed by atoms with E-state index in [2.05, 4.69) is 25.5 Å². The fraction of sp³-hybridized carbons (Fsp3) is 0.0952. The van der Waals surface area contributed by atoms with Crippen molar-refractivity contribution in [3.05, 3.63) is 78.1 Å². The Morgan fingerprint density at radius 1 is 1.23 bits per heavy atom. The SMILES string of the molecule is Cc1noc2nc(-c3ccco3)cc(C(=O)Nc3ccn(Cc4cccnc4)n3)c12. The molecule has 5 heterocycles. The highest BCUT2D eigenvalue weighted by Gasteiger charge is 2.20. The van der Waals surface area contributed by atoms with Gasteiger partial charge in [0.15, 0.2) is 11.6 Å². The number of carbonyl (C=O) groups excluding carboxylic acids is 1. The van der Waals surface area contributed by atoms with Crippen molar-refractivity contribution in [1.82, 2.24) is 24.9 Å². The van der Waals surface area contributed by atoms with Gasteiger partial charge < -0.3 is 14.3 Å². The quantitative estimate of drug-likeness (QED) is 0.479. The summed E-state index contributed by atoms with van der Waals surface area (Å²) in [6, 6.07) is 10.7. The Labute approximate surface area is 170 Å². The molecule has 0 aliphatic rings. The predicted octanol–water partition coefficient (Wildman–Crippen LogP) is 3.68. The van der Waals surface area contributed by atoms with Crippen LogP contribution in [0.15, 0.2) is 70.2 Å². The third-order valence-corrected chi connectivity index (χ3v) is 4.58. The Morgan fingerprint density at radius 2 is 2.17 bits per heavy atom. The van der Waals surface area contributed by atoms with Gasteiger partial charge in [0.25, 0.3) is 11.6 Å². The highest BCUT2D eigenvalue weighted by molar-refractivity contribution is 6.12. The van der Waals surface area contributed by atoms with Crippen molar-refractivity contribution in [2.75, 3.05) is 5.32 Å². The molecule has 9 heteroatoms. The minimum atomic E-state index is -0.340. The van der Waals surface area contributed by atoms with Crippen LogP contribution >= 0.6 is 0 Å². The molecule has 5 aromatic heterocycles. The molecule has 0 aromatic carbocycles. The molecule has 0 radical (unpaired) electrons. The van der Waals surface area contributed by atoms with Gasteiger partial charge in [-0.3, -0.25) is 14.5 Å². The van der Waals surface area contributed by atoms with Gasteiger partial charge in [-0.05, 0) is 36.8 Å². The van der Waals surface area contributed by atoms with Crippen molar-refractivity contribution in [3.63, 3.8) is 0 Å². The van der Waals surface area contributed by atoms with Crippen LogP contribution in [0.2, 0.25) is 0 Å². The zero-order valence-electron chi connectivity index (χ0n) is 15.9. The second-order valence-corrected chi connectivity index (χ2v) is 6.69. The van der Waals surface area contributed by atoms with Gasteiger partial charge in [0.2, 0.25) is 0 Å². The number of hydrogen-bond donors (Lipinski definition) is 1. The van der Waals surface area contributed by atoms with Crippen LogP contribution in [0.25, 0.3) is 22.6 Å². The number of aryl methyl sites for hydroxylation is 1. The van der Waals surface area contributed by atoms with Gasteiger partial charge in [0.1, 0.15) is 5.69 Å². The lowest BCUT2D eigenvalue weighted by molar-refractivity contribution is 0.102. The van der Waals surface area contributed by atoms with Gasteiger partial charge in [-0.1, -0.05) is 11.2 Å². The fourth-order valence-corrected chi connectivity index (χ4v) is 3.20. The molecule has 5 rings (SSSR count). The second kappa shape index (κ2) is 7.28. The molecule has 0 saturated carbocycles. The van der Waals surface area contributed by atoms with E-state index < -0.39 is 0 Å². The van der Waals surface area contributed by atoms with Crippen LogP contribution in [0, 0.1) is 6.92 Å². The Kier molecular flexibility index (Phi) is 4.32. The molecule has 0 aliphatic carbocycles. The Hall–Kier alpha value is -4.27. The van der Waals surface area contributed by atoms with E-state index in [-0.39, 0.29) is 11.6 Å². The lowest BCUT2D eigenvalue weighted by Gasteiger charge is -2.06. The minimum absolute atomic E-state index is 0.272. The van der Waals surface area contributed by atoms with E-state index in [9.17, 15) is 4.79 Å². The van der Waals surface area contributed by atoms with Crippen molar-refractivity contribution in [1.29, 1.82) is 0 Å². The van der Waals surface area contributed by atoms with E-state index in [1.165, 1.54) is 0 Å². The molecule has 0 bridgehead atoms. The molecular formula is C21H16N6O3. The number of furan rings is 1. The number of rotatable bonds is 5. The summed E-state index contributed by atoms with van der Waals surface area (Å²) in [7, 11) is 0. The molecule has 5 aromatic rings. The molecule has 30 heavy (non-hydrogen) atoms. The fourth-order valence-electron chi connectivity index (χ4n) is 3.20. The second-order valence-electron chi connectivity index (χ2n) is 6.69. The summed E-state index contributed by atoms with van der Waals surface area (Å²) in [6.45, 7) is 2.32. The number of anilines is 1. The number of fused-ring (bicyclic) bond motifs is 1. The number of nitrogens with one attached hydrogen (secondary N) is 1. The number of carbonyl (C=O) groups is 1. The number of amides is 1. The van der Waals surface area contributed by atoms with Crippen molar-refractivity contribution in [2.24, 2.45) is 0 Å². The smallest absolute Gasteiger partial charge is 0.259 e. The van der Waals surface area contributed by atoms with Crippen LogP contribution in [0.3, 0.4) is 0 Å². The van der Waals surface area contributed by atoms with Crippen LogP contribution < -0.4 is 5.32 Å². The first kappa shape index (κ1) is 17.8. The van der Waals surface area contributed by atoms with Crippen molar-refractivity contribution >= 4 is 22.8 Å². The van der Waals surface area contributed by atoms with Crippen LogP contribution in [-0.2, 0) is 6.54 Å². The molecule has 0 saturated heterocycles. The maximum absolute atomic E-state index is 13.1. The maximum Gasteiger partial charge on any atom is 0.259 e. The molecule has 9 nitrogen and oxygen atoms in total. The largest absolute Gasteiger partial charge is 0.463 e. The maximum atomic E-state index is 13.1. The van der Waals surface area contributed by atoms with Crippen molar-refractivity contribution < 1.29 is 13.7 Å². The van der Waals surface area contributed by atoms with Gasteiger partial charge in [-0.2, -0.15) is 5.10 Å². The Morgan fingerprint density at radius 3 is 2.97 bits per heavy atom. The molecule has 0 fully saturated rings. The van der Waals surface area contributed by atoms with E-state index in [1.54, 1.807) is 60.7 Å². The van der Waals surface area contributed by atoms with Crippen molar-refractivity contribution in [2.45, 2.75) is 13.5 Å². The van der Waals surface area contributed by atoms with Gasteiger partial charge in [0.05, 0.1) is 29.5 Å². The van der Waals surface area contributed by atoms with E-state index >= 15 is 0 Å². The van der Waals surface area contributed by atoms with Crippen LogP contribution in [0.4, 0.5) is 5.82 Å². The Bertz CT molecular complexity index is 1320. The lowest BCUT2D eigenvalue weighted by Crippen LogP contribution is -2.14. The molecule has 148 valence electrons. The highest BCUT2D eigenvalue weighted by atomic mass is 16.5. The zero-order chi connectivity index (χ0) is 20.5. The molecule has 1 amide bonds. The molecule has 1 N–H and O–H groups in total. The summed E-state index contributed by atoms with van der Waals surface area (Å²) in [5.74, 6) is 0.622. The summed E-state index contributed by atoms with van der Waals surface area (Å²) in [5, 5.41) is 11.7. The summed E-state index contributed by atoms with van der Waals surface area (Å²) in [6.07, 6.45) is 6.83. The van der Waals surface area contributed by atoms with E-state index in [4.69, 9.17) is 8.94 Å². The van der Waals surface area contributed by atoms with E-state index in [1.807, 2.05) is 12.1 Å². The average Bonchev–Trinajstić information content (AvgIpc) is 3.51. The van der Waals surface area contributed by atoms with E-state index in [0.717, 1.165) is 5.56 Å². The summed E-state index contributed by atoms with van der Waals surface area (Å²) >= 11 is 0. The number of nitrogens with zero attached hydrogens (tertiary/aromatic N) is 5. The third-order valence-electron chi connectivity index (χ3n) is 4.58. The van der Waals surface area contributed by atoms with Gasteiger partial charge in [-0.25, -0.2) is 4.98 Å². The van der Waals surface area contributed by atoms with Crippen molar-refractivity contribution in [3.8, 4) is 11.5 Å². The normalized spacial score (nSPS) is 11.1.